The van der Waals surface area contributed by atoms with Crippen LogP contribution < -0.4 is 9.64 Å². The fourth-order valence-corrected chi connectivity index (χ4v) is 5.13. The average Bonchev–Trinajstić information content (AvgIpc) is 3.36. The van der Waals surface area contributed by atoms with Gasteiger partial charge in [0.05, 0.1) is 31.0 Å². The van der Waals surface area contributed by atoms with Crippen molar-refractivity contribution in [2.75, 3.05) is 18.6 Å². The Hall–Kier alpha value is -3.98. The topological polar surface area (TPSA) is 106 Å². The van der Waals surface area contributed by atoms with Crippen molar-refractivity contribution in [1.82, 2.24) is 4.98 Å². The van der Waals surface area contributed by atoms with Gasteiger partial charge < -0.3 is 14.6 Å². The molecule has 9 heteroatoms. The van der Waals surface area contributed by atoms with Crippen LogP contribution in [0.25, 0.3) is 5.76 Å². The highest BCUT2D eigenvalue weighted by atomic mass is 32.1. The van der Waals surface area contributed by atoms with E-state index in [2.05, 4.69) is 4.98 Å². The lowest BCUT2D eigenvalue weighted by molar-refractivity contribution is -0.132. The van der Waals surface area contributed by atoms with Gasteiger partial charge in [0, 0.05) is 5.56 Å². The van der Waals surface area contributed by atoms with Crippen molar-refractivity contribution in [3.8, 4) is 5.75 Å². The van der Waals surface area contributed by atoms with Crippen LogP contribution in [0.4, 0.5) is 5.13 Å². The number of methoxy groups -OCH3 is 1. The number of aryl methyl sites for hydroxylation is 3. The van der Waals surface area contributed by atoms with Crippen LogP contribution in [0.1, 0.15) is 50.6 Å². The van der Waals surface area contributed by atoms with Crippen molar-refractivity contribution < 1.29 is 29.0 Å². The first-order chi connectivity index (χ1) is 17.2. The third kappa shape index (κ3) is 4.37. The molecule has 36 heavy (non-hydrogen) atoms. The van der Waals surface area contributed by atoms with Crippen molar-refractivity contribution in [3.63, 3.8) is 0 Å². The molecule has 0 aliphatic carbocycles. The number of anilines is 1. The molecule has 1 fully saturated rings. The molecule has 8 nitrogen and oxygen atoms in total. The van der Waals surface area contributed by atoms with Gasteiger partial charge in [0.2, 0.25) is 0 Å². The van der Waals surface area contributed by atoms with Gasteiger partial charge in [-0.15, -0.1) is 0 Å². The van der Waals surface area contributed by atoms with Crippen LogP contribution in [0.5, 0.6) is 5.75 Å². The Morgan fingerprint density at radius 2 is 1.81 bits per heavy atom. The molecule has 3 aromatic rings. The maximum Gasteiger partial charge on any atom is 0.350 e. The number of thiazole rings is 1. The number of ether oxygens (including phenoxy) is 2. The molecule has 1 amide bonds. The maximum absolute atomic E-state index is 13.4. The highest BCUT2D eigenvalue weighted by Gasteiger charge is 2.48. The van der Waals surface area contributed by atoms with Gasteiger partial charge in [0.1, 0.15) is 16.4 Å². The van der Waals surface area contributed by atoms with Gasteiger partial charge in [-0.1, -0.05) is 41.2 Å². The summed E-state index contributed by atoms with van der Waals surface area (Å²) in [6, 6.07) is 11.5. The second-order valence-electron chi connectivity index (χ2n) is 8.39. The number of aliphatic hydroxyl groups excluding tert-OH is 1. The first-order valence-corrected chi connectivity index (χ1v) is 12.2. The minimum Gasteiger partial charge on any atom is -0.507 e. The predicted octanol–water partition coefficient (Wildman–Crippen LogP) is 4.88. The van der Waals surface area contributed by atoms with Crippen molar-refractivity contribution in [1.29, 1.82) is 0 Å². The number of hydrogen-bond acceptors (Lipinski definition) is 8. The summed E-state index contributed by atoms with van der Waals surface area (Å²) in [7, 11) is 1.54. The van der Waals surface area contributed by atoms with E-state index in [9.17, 15) is 19.5 Å². The highest BCUT2D eigenvalue weighted by Crippen LogP contribution is 2.44. The summed E-state index contributed by atoms with van der Waals surface area (Å²) in [5.74, 6) is -1.91. The number of benzene rings is 2. The number of aliphatic hydroxyl groups is 1. The average molecular weight is 507 g/mol. The molecule has 2 aromatic carbocycles. The number of esters is 1. The second kappa shape index (κ2) is 9.94. The summed E-state index contributed by atoms with van der Waals surface area (Å²) in [6.45, 7) is 7.25. The summed E-state index contributed by atoms with van der Waals surface area (Å²) in [5.41, 5.74) is 3.05. The predicted molar refractivity (Wildman–Crippen MR) is 137 cm³/mol. The van der Waals surface area contributed by atoms with Crippen LogP contribution in [0, 0.1) is 20.8 Å². The molecule has 0 spiro atoms. The van der Waals surface area contributed by atoms with Gasteiger partial charge in [-0.25, -0.2) is 9.78 Å². The Labute approximate surface area is 212 Å². The Bertz CT molecular complexity index is 1390. The molecule has 1 aromatic heterocycles. The zero-order chi connectivity index (χ0) is 26.1. The SMILES string of the molecule is CCOC(=O)c1sc(N2C(=O)C(=O)/C(=C(/O)c3ccc(OC)cc3C)C2c2ccc(C)cc2)nc1C. The third-order valence-electron chi connectivity index (χ3n) is 5.98. The van der Waals surface area contributed by atoms with E-state index >= 15 is 0 Å². The fraction of sp³-hybridized carbons (Fsp3) is 0.259. The molecular weight excluding hydrogens is 480 g/mol. The van der Waals surface area contributed by atoms with E-state index < -0.39 is 23.7 Å². The van der Waals surface area contributed by atoms with Crippen LogP contribution in [0.3, 0.4) is 0 Å². The van der Waals surface area contributed by atoms with Crippen molar-refractivity contribution in [2.45, 2.75) is 33.7 Å². The van der Waals surface area contributed by atoms with Gasteiger partial charge in [-0.05, 0) is 57.0 Å². The molecule has 4 rings (SSSR count). The number of ketones is 1. The molecule has 0 radical (unpaired) electrons. The van der Waals surface area contributed by atoms with Gasteiger partial charge in [-0.3, -0.25) is 14.5 Å². The second-order valence-corrected chi connectivity index (χ2v) is 9.37. The Morgan fingerprint density at radius 3 is 2.42 bits per heavy atom. The van der Waals surface area contributed by atoms with Gasteiger partial charge in [0.25, 0.3) is 5.78 Å². The van der Waals surface area contributed by atoms with Crippen LogP contribution in [0.2, 0.25) is 0 Å². The van der Waals surface area contributed by atoms with Gasteiger partial charge in [-0.2, -0.15) is 0 Å². The number of hydrogen-bond donors (Lipinski definition) is 1. The number of rotatable bonds is 6. The number of Topliss-reactive ketones (excluding diaryl/α,β-unsaturated/α-hetero) is 1. The van der Waals surface area contributed by atoms with E-state index in [0.29, 0.717) is 28.1 Å². The Morgan fingerprint density at radius 1 is 1.11 bits per heavy atom. The smallest absolute Gasteiger partial charge is 0.350 e. The molecule has 186 valence electrons. The zero-order valence-electron chi connectivity index (χ0n) is 20.6. The fourth-order valence-electron chi connectivity index (χ4n) is 4.14. The largest absolute Gasteiger partial charge is 0.507 e. The standard InChI is InChI=1S/C27H26N2O6S/c1-6-35-26(33)24-16(4)28-27(36-24)29-21(17-9-7-14(2)8-10-17)20(23(31)25(29)32)22(30)19-12-11-18(34-5)13-15(19)3/h7-13,21,30H,6H2,1-5H3/b22-20+. The first-order valence-electron chi connectivity index (χ1n) is 11.3. The van der Waals surface area contributed by atoms with E-state index in [4.69, 9.17) is 9.47 Å². The minimum atomic E-state index is -0.937. The summed E-state index contributed by atoms with van der Waals surface area (Å²) < 4.78 is 10.4. The van der Waals surface area contributed by atoms with Crippen molar-refractivity contribution in [2.24, 2.45) is 0 Å². The molecular formula is C27H26N2O6S. The normalized spacial score (nSPS) is 16.9. The van der Waals surface area contributed by atoms with Gasteiger partial charge in [0.15, 0.2) is 5.13 Å². The number of carbonyl (C=O) groups is 3. The lowest BCUT2D eigenvalue weighted by atomic mass is 9.93. The number of amides is 1. The van der Waals surface area contributed by atoms with E-state index in [1.165, 1.54) is 12.0 Å². The van der Waals surface area contributed by atoms with Crippen molar-refractivity contribution in [3.05, 3.63) is 80.9 Å². The van der Waals surface area contributed by atoms with Crippen LogP contribution >= 0.6 is 11.3 Å². The molecule has 1 aliphatic heterocycles. The maximum atomic E-state index is 13.4. The number of aromatic nitrogens is 1. The quantitative estimate of drug-likeness (QED) is 0.220. The lowest BCUT2D eigenvalue weighted by Gasteiger charge is -2.23. The number of carbonyl (C=O) groups excluding carboxylic acids is 3. The van der Waals surface area contributed by atoms with E-state index in [1.807, 2.05) is 19.1 Å². The highest BCUT2D eigenvalue weighted by molar-refractivity contribution is 7.17. The molecule has 2 heterocycles. The summed E-state index contributed by atoms with van der Waals surface area (Å²) in [5, 5.41) is 11.5. The summed E-state index contributed by atoms with van der Waals surface area (Å²) in [6.07, 6.45) is 0. The monoisotopic (exact) mass is 506 g/mol. The third-order valence-corrected chi connectivity index (χ3v) is 7.12. The molecule has 1 aliphatic rings. The Balaban J connectivity index is 1.92. The summed E-state index contributed by atoms with van der Waals surface area (Å²) >= 11 is 0.976. The Kier molecular flexibility index (Phi) is 6.94. The van der Waals surface area contributed by atoms with E-state index in [0.717, 1.165) is 16.9 Å². The molecule has 0 saturated carbocycles. The van der Waals surface area contributed by atoms with Crippen LogP contribution in [0.15, 0.2) is 48.0 Å². The first kappa shape index (κ1) is 25.1. The molecule has 1 unspecified atom stereocenters. The molecule has 0 bridgehead atoms. The zero-order valence-corrected chi connectivity index (χ0v) is 21.4. The summed E-state index contributed by atoms with van der Waals surface area (Å²) in [4.78, 5) is 45.1. The molecule has 1 atom stereocenters. The van der Waals surface area contributed by atoms with Crippen LogP contribution in [-0.4, -0.2) is 41.5 Å². The molecule has 1 saturated heterocycles. The number of nitrogens with zero attached hydrogens (tertiary/aromatic N) is 2. The van der Waals surface area contributed by atoms with E-state index in [1.54, 1.807) is 51.1 Å². The van der Waals surface area contributed by atoms with Gasteiger partial charge >= 0.3 is 11.9 Å². The van der Waals surface area contributed by atoms with Crippen molar-refractivity contribution >= 4 is 39.9 Å². The van der Waals surface area contributed by atoms with E-state index in [-0.39, 0.29) is 27.9 Å². The minimum absolute atomic E-state index is 0.0531. The molecule has 1 N–H and O–H groups in total. The lowest BCUT2D eigenvalue weighted by Crippen LogP contribution is -2.29. The van der Waals surface area contributed by atoms with Crippen LogP contribution in [-0.2, 0) is 14.3 Å².